The molecule has 110 valence electrons. The first-order chi connectivity index (χ1) is 10.1. The van der Waals surface area contributed by atoms with Crippen LogP contribution in [0.5, 0.6) is 11.5 Å². The molecule has 3 N–H and O–H groups in total. The zero-order chi connectivity index (χ0) is 15.4. The molecule has 0 radical (unpaired) electrons. The fourth-order valence-corrected chi connectivity index (χ4v) is 1.88. The van der Waals surface area contributed by atoms with Crippen molar-refractivity contribution in [2.75, 3.05) is 25.3 Å². The Kier molecular flexibility index (Phi) is 4.27. The standard InChI is InChI=1S/C15H17N3O3/c1-9-12(5-4-6-17-9)18-15(19)11-7-10(20-2)8-13(21-3)14(11)16/h4-8H,16H2,1-3H3,(H,18,19). The van der Waals surface area contributed by atoms with E-state index in [2.05, 4.69) is 10.3 Å². The van der Waals surface area contributed by atoms with Gasteiger partial charge in [0.1, 0.15) is 11.5 Å². The molecule has 6 nitrogen and oxygen atoms in total. The SMILES string of the molecule is COc1cc(OC)c(N)c(C(=O)Nc2cccnc2C)c1. The Morgan fingerprint density at radius 1 is 1.29 bits per heavy atom. The number of rotatable bonds is 4. The van der Waals surface area contributed by atoms with Gasteiger partial charge in [-0.3, -0.25) is 9.78 Å². The number of anilines is 2. The number of methoxy groups -OCH3 is 2. The van der Waals surface area contributed by atoms with Crippen LogP contribution in [0.1, 0.15) is 16.1 Å². The number of benzene rings is 1. The Morgan fingerprint density at radius 2 is 2.05 bits per heavy atom. The molecular weight excluding hydrogens is 270 g/mol. The highest BCUT2D eigenvalue weighted by atomic mass is 16.5. The van der Waals surface area contributed by atoms with Gasteiger partial charge in [0, 0.05) is 12.3 Å². The van der Waals surface area contributed by atoms with Crippen LogP contribution in [-0.2, 0) is 0 Å². The highest BCUT2D eigenvalue weighted by molar-refractivity contribution is 6.09. The van der Waals surface area contributed by atoms with E-state index in [0.29, 0.717) is 17.2 Å². The van der Waals surface area contributed by atoms with E-state index in [9.17, 15) is 4.79 Å². The summed E-state index contributed by atoms with van der Waals surface area (Å²) < 4.78 is 10.3. The summed E-state index contributed by atoms with van der Waals surface area (Å²) in [5.41, 5.74) is 7.85. The number of aryl methyl sites for hydroxylation is 1. The van der Waals surface area contributed by atoms with Crippen LogP contribution in [0.2, 0.25) is 0 Å². The first-order valence-corrected chi connectivity index (χ1v) is 6.31. The normalized spacial score (nSPS) is 10.0. The van der Waals surface area contributed by atoms with Crippen molar-refractivity contribution < 1.29 is 14.3 Å². The Morgan fingerprint density at radius 3 is 2.67 bits per heavy atom. The Labute approximate surface area is 122 Å². The van der Waals surface area contributed by atoms with E-state index in [4.69, 9.17) is 15.2 Å². The van der Waals surface area contributed by atoms with Gasteiger partial charge in [0.2, 0.25) is 0 Å². The number of hydrogen-bond donors (Lipinski definition) is 2. The molecule has 0 fully saturated rings. The summed E-state index contributed by atoms with van der Waals surface area (Å²) in [6.45, 7) is 1.81. The molecule has 0 aliphatic rings. The van der Waals surface area contributed by atoms with Gasteiger partial charge >= 0.3 is 0 Å². The van der Waals surface area contributed by atoms with E-state index in [-0.39, 0.29) is 17.2 Å². The summed E-state index contributed by atoms with van der Waals surface area (Å²) in [4.78, 5) is 16.5. The van der Waals surface area contributed by atoms with Gasteiger partial charge < -0.3 is 20.5 Å². The third kappa shape index (κ3) is 3.05. The van der Waals surface area contributed by atoms with E-state index >= 15 is 0 Å². The monoisotopic (exact) mass is 287 g/mol. The fourth-order valence-electron chi connectivity index (χ4n) is 1.88. The zero-order valence-electron chi connectivity index (χ0n) is 12.1. The molecule has 0 atom stereocenters. The van der Waals surface area contributed by atoms with Gasteiger partial charge in [0.25, 0.3) is 5.91 Å². The molecule has 0 aliphatic heterocycles. The first kappa shape index (κ1) is 14.6. The van der Waals surface area contributed by atoms with E-state index in [1.165, 1.54) is 14.2 Å². The van der Waals surface area contributed by atoms with Crippen LogP contribution in [-0.4, -0.2) is 25.1 Å². The molecule has 0 spiro atoms. The third-order valence-electron chi connectivity index (χ3n) is 3.07. The van der Waals surface area contributed by atoms with Crippen LogP contribution in [0, 0.1) is 6.92 Å². The average Bonchev–Trinajstić information content (AvgIpc) is 2.49. The fraction of sp³-hybridized carbons (Fsp3) is 0.200. The van der Waals surface area contributed by atoms with Crippen molar-refractivity contribution in [2.24, 2.45) is 0 Å². The van der Waals surface area contributed by atoms with Crippen LogP contribution in [0.25, 0.3) is 0 Å². The van der Waals surface area contributed by atoms with Crippen molar-refractivity contribution in [3.8, 4) is 11.5 Å². The lowest BCUT2D eigenvalue weighted by atomic mass is 10.1. The molecule has 0 unspecified atom stereocenters. The number of carbonyl (C=O) groups is 1. The molecule has 0 saturated heterocycles. The van der Waals surface area contributed by atoms with Crippen molar-refractivity contribution >= 4 is 17.3 Å². The smallest absolute Gasteiger partial charge is 0.258 e. The molecule has 0 bridgehead atoms. The molecule has 1 aromatic heterocycles. The minimum Gasteiger partial charge on any atom is -0.497 e. The van der Waals surface area contributed by atoms with Crippen LogP contribution < -0.4 is 20.5 Å². The minimum absolute atomic E-state index is 0.261. The van der Waals surface area contributed by atoms with Crippen LogP contribution in [0.3, 0.4) is 0 Å². The van der Waals surface area contributed by atoms with Crippen molar-refractivity contribution in [3.05, 3.63) is 41.7 Å². The van der Waals surface area contributed by atoms with E-state index < -0.39 is 0 Å². The predicted molar refractivity (Wildman–Crippen MR) is 80.9 cm³/mol. The van der Waals surface area contributed by atoms with Crippen molar-refractivity contribution in [1.82, 2.24) is 4.98 Å². The van der Waals surface area contributed by atoms with Gasteiger partial charge in [-0.2, -0.15) is 0 Å². The molecule has 21 heavy (non-hydrogen) atoms. The molecule has 0 aliphatic carbocycles. The van der Waals surface area contributed by atoms with E-state index in [0.717, 1.165) is 5.69 Å². The van der Waals surface area contributed by atoms with Gasteiger partial charge in [-0.1, -0.05) is 0 Å². The number of amides is 1. The summed E-state index contributed by atoms with van der Waals surface area (Å²) in [7, 11) is 3.00. The highest BCUT2D eigenvalue weighted by Gasteiger charge is 2.16. The quantitative estimate of drug-likeness (QED) is 0.842. The Balaban J connectivity index is 2.37. The number of pyridine rings is 1. The van der Waals surface area contributed by atoms with E-state index in [1.54, 1.807) is 30.5 Å². The van der Waals surface area contributed by atoms with Gasteiger partial charge in [0.05, 0.1) is 36.9 Å². The number of aromatic nitrogens is 1. The van der Waals surface area contributed by atoms with Crippen molar-refractivity contribution in [2.45, 2.75) is 6.92 Å². The third-order valence-corrected chi connectivity index (χ3v) is 3.07. The summed E-state index contributed by atoms with van der Waals surface area (Å²) in [6, 6.07) is 6.71. The molecule has 2 aromatic rings. The number of nitrogens with two attached hydrogens (primary N) is 1. The Bertz CT molecular complexity index is 671. The Hall–Kier alpha value is -2.76. The zero-order valence-corrected chi connectivity index (χ0v) is 12.1. The number of hydrogen-bond acceptors (Lipinski definition) is 5. The van der Waals surface area contributed by atoms with Gasteiger partial charge in [-0.25, -0.2) is 0 Å². The number of nitrogen functional groups attached to an aromatic ring is 1. The minimum atomic E-state index is -0.346. The topological polar surface area (TPSA) is 86.5 Å². The van der Waals surface area contributed by atoms with Crippen LogP contribution in [0.4, 0.5) is 11.4 Å². The van der Waals surface area contributed by atoms with Gasteiger partial charge in [-0.05, 0) is 25.1 Å². The van der Waals surface area contributed by atoms with Crippen molar-refractivity contribution in [1.29, 1.82) is 0 Å². The molecule has 1 heterocycles. The molecule has 2 rings (SSSR count). The molecular formula is C15H17N3O3. The maximum Gasteiger partial charge on any atom is 0.258 e. The van der Waals surface area contributed by atoms with Gasteiger partial charge in [-0.15, -0.1) is 0 Å². The first-order valence-electron chi connectivity index (χ1n) is 6.31. The highest BCUT2D eigenvalue weighted by Crippen LogP contribution is 2.31. The second kappa shape index (κ2) is 6.13. The maximum atomic E-state index is 12.4. The number of carbonyl (C=O) groups excluding carboxylic acids is 1. The molecule has 6 heteroatoms. The number of nitrogens with zero attached hydrogens (tertiary/aromatic N) is 1. The summed E-state index contributed by atoms with van der Waals surface area (Å²) in [5.74, 6) is 0.539. The predicted octanol–water partition coefficient (Wildman–Crippen LogP) is 2.24. The lowest BCUT2D eigenvalue weighted by Crippen LogP contribution is -2.15. The number of nitrogens with one attached hydrogen (secondary N) is 1. The molecule has 1 aromatic carbocycles. The molecule has 1 amide bonds. The maximum absolute atomic E-state index is 12.4. The lowest BCUT2D eigenvalue weighted by Gasteiger charge is -2.13. The van der Waals surface area contributed by atoms with Gasteiger partial charge in [0.15, 0.2) is 0 Å². The summed E-state index contributed by atoms with van der Waals surface area (Å²) in [6.07, 6.45) is 1.66. The van der Waals surface area contributed by atoms with E-state index in [1.807, 2.05) is 6.92 Å². The van der Waals surface area contributed by atoms with Crippen molar-refractivity contribution in [3.63, 3.8) is 0 Å². The summed E-state index contributed by atoms with van der Waals surface area (Å²) >= 11 is 0. The average molecular weight is 287 g/mol. The summed E-state index contributed by atoms with van der Waals surface area (Å²) in [5, 5.41) is 2.78. The second-order valence-electron chi connectivity index (χ2n) is 4.38. The number of ether oxygens (including phenoxy) is 2. The molecule has 0 saturated carbocycles. The second-order valence-corrected chi connectivity index (χ2v) is 4.38. The van der Waals surface area contributed by atoms with Crippen LogP contribution in [0.15, 0.2) is 30.5 Å². The van der Waals surface area contributed by atoms with Crippen LogP contribution >= 0.6 is 0 Å². The lowest BCUT2D eigenvalue weighted by molar-refractivity contribution is 0.102. The largest absolute Gasteiger partial charge is 0.497 e.